The number of aryl methyl sites for hydroxylation is 1. The SMILES string of the molecule is C=CCCNc1nc(C)cc(C#N)n1. The lowest BCUT2D eigenvalue weighted by Gasteiger charge is -2.03. The minimum absolute atomic E-state index is 0.388. The Morgan fingerprint density at radius 2 is 2.43 bits per heavy atom. The maximum absolute atomic E-state index is 8.67. The number of aromatic nitrogens is 2. The third kappa shape index (κ3) is 2.87. The second kappa shape index (κ2) is 4.97. The molecule has 0 saturated heterocycles. The highest BCUT2D eigenvalue weighted by Crippen LogP contribution is 2.03. The van der Waals surface area contributed by atoms with Crippen molar-refractivity contribution in [3.05, 3.63) is 30.1 Å². The van der Waals surface area contributed by atoms with E-state index in [1.54, 1.807) is 6.07 Å². The lowest BCUT2D eigenvalue weighted by molar-refractivity contribution is 0.995. The highest BCUT2D eigenvalue weighted by atomic mass is 15.1. The van der Waals surface area contributed by atoms with Crippen molar-refractivity contribution in [3.63, 3.8) is 0 Å². The van der Waals surface area contributed by atoms with Crippen LogP contribution in [0.2, 0.25) is 0 Å². The molecule has 1 heterocycles. The second-order valence-electron chi connectivity index (χ2n) is 2.83. The largest absolute Gasteiger partial charge is 0.354 e. The van der Waals surface area contributed by atoms with Crippen LogP contribution in [0.4, 0.5) is 5.95 Å². The molecular formula is C10H12N4. The zero-order chi connectivity index (χ0) is 10.4. The van der Waals surface area contributed by atoms with Crippen molar-refractivity contribution in [2.24, 2.45) is 0 Å². The first-order valence-electron chi connectivity index (χ1n) is 4.37. The molecule has 0 fully saturated rings. The van der Waals surface area contributed by atoms with Gasteiger partial charge in [-0.15, -0.1) is 6.58 Å². The van der Waals surface area contributed by atoms with Crippen LogP contribution in [0.3, 0.4) is 0 Å². The van der Waals surface area contributed by atoms with Gasteiger partial charge >= 0.3 is 0 Å². The maximum atomic E-state index is 8.67. The third-order valence-corrected chi connectivity index (χ3v) is 1.60. The average molecular weight is 188 g/mol. The molecule has 1 rings (SSSR count). The molecular weight excluding hydrogens is 176 g/mol. The van der Waals surface area contributed by atoms with Gasteiger partial charge in [0.25, 0.3) is 0 Å². The number of hydrogen-bond donors (Lipinski definition) is 1. The van der Waals surface area contributed by atoms with Crippen molar-refractivity contribution in [2.75, 3.05) is 11.9 Å². The van der Waals surface area contributed by atoms with Crippen LogP contribution in [-0.2, 0) is 0 Å². The van der Waals surface area contributed by atoms with Gasteiger partial charge in [-0.05, 0) is 19.4 Å². The minimum Gasteiger partial charge on any atom is -0.354 e. The van der Waals surface area contributed by atoms with E-state index in [1.165, 1.54) is 0 Å². The number of nitrogens with one attached hydrogen (secondary N) is 1. The van der Waals surface area contributed by atoms with Gasteiger partial charge in [-0.3, -0.25) is 0 Å². The zero-order valence-electron chi connectivity index (χ0n) is 8.12. The number of anilines is 1. The molecule has 14 heavy (non-hydrogen) atoms. The smallest absolute Gasteiger partial charge is 0.224 e. The van der Waals surface area contributed by atoms with Gasteiger partial charge in [0.2, 0.25) is 5.95 Å². The summed E-state index contributed by atoms with van der Waals surface area (Å²) in [6.45, 7) is 6.18. The van der Waals surface area contributed by atoms with E-state index in [9.17, 15) is 0 Å². The van der Waals surface area contributed by atoms with Gasteiger partial charge in [0.15, 0.2) is 0 Å². The molecule has 1 aromatic heterocycles. The van der Waals surface area contributed by atoms with E-state index in [-0.39, 0.29) is 0 Å². The molecule has 0 atom stereocenters. The average Bonchev–Trinajstić information content (AvgIpc) is 2.17. The lowest BCUT2D eigenvalue weighted by atomic mass is 10.3. The summed E-state index contributed by atoms with van der Waals surface area (Å²) in [4.78, 5) is 8.15. The van der Waals surface area contributed by atoms with E-state index in [1.807, 2.05) is 19.1 Å². The Labute approximate surface area is 83.3 Å². The summed E-state index contributed by atoms with van der Waals surface area (Å²) in [6, 6.07) is 3.64. The van der Waals surface area contributed by atoms with Crippen LogP contribution in [-0.4, -0.2) is 16.5 Å². The Bertz CT molecular complexity index is 365. The first-order valence-corrected chi connectivity index (χ1v) is 4.37. The molecule has 0 aliphatic heterocycles. The monoisotopic (exact) mass is 188 g/mol. The molecule has 0 spiro atoms. The molecule has 0 aromatic carbocycles. The molecule has 0 unspecified atom stereocenters. The van der Waals surface area contributed by atoms with Crippen molar-refractivity contribution < 1.29 is 0 Å². The predicted octanol–water partition coefficient (Wildman–Crippen LogP) is 1.64. The fourth-order valence-electron chi connectivity index (χ4n) is 0.991. The summed E-state index contributed by atoms with van der Waals surface area (Å²) < 4.78 is 0. The molecule has 1 aromatic rings. The van der Waals surface area contributed by atoms with Gasteiger partial charge in [-0.2, -0.15) is 5.26 Å². The first-order chi connectivity index (χ1) is 6.76. The Hall–Kier alpha value is -1.89. The third-order valence-electron chi connectivity index (χ3n) is 1.60. The fraction of sp³-hybridized carbons (Fsp3) is 0.300. The lowest BCUT2D eigenvalue weighted by Crippen LogP contribution is -2.06. The molecule has 0 saturated carbocycles. The van der Waals surface area contributed by atoms with Crippen molar-refractivity contribution in [3.8, 4) is 6.07 Å². The Balaban J connectivity index is 2.72. The standard InChI is InChI=1S/C10H12N4/c1-3-4-5-12-10-13-8(2)6-9(7-11)14-10/h3,6H,1,4-5H2,2H3,(H,12,13,14). The van der Waals surface area contributed by atoms with E-state index >= 15 is 0 Å². The van der Waals surface area contributed by atoms with Crippen LogP contribution in [0.1, 0.15) is 17.8 Å². The van der Waals surface area contributed by atoms with Gasteiger partial charge in [-0.25, -0.2) is 9.97 Å². The molecule has 4 nitrogen and oxygen atoms in total. The van der Waals surface area contributed by atoms with E-state index in [0.717, 1.165) is 18.7 Å². The summed E-state index contributed by atoms with van der Waals surface area (Å²) in [5.74, 6) is 0.503. The van der Waals surface area contributed by atoms with Gasteiger partial charge in [0.1, 0.15) is 11.8 Å². The van der Waals surface area contributed by atoms with Crippen LogP contribution in [0.5, 0.6) is 0 Å². The number of rotatable bonds is 4. The van der Waals surface area contributed by atoms with Crippen LogP contribution < -0.4 is 5.32 Å². The molecule has 1 N–H and O–H groups in total. The first kappa shape index (κ1) is 10.2. The quantitative estimate of drug-likeness (QED) is 0.576. The Kier molecular flexibility index (Phi) is 3.62. The molecule has 0 aliphatic rings. The number of nitriles is 1. The van der Waals surface area contributed by atoms with Crippen molar-refractivity contribution in [1.29, 1.82) is 5.26 Å². The van der Waals surface area contributed by atoms with Crippen LogP contribution >= 0.6 is 0 Å². The van der Waals surface area contributed by atoms with E-state index in [4.69, 9.17) is 5.26 Å². The van der Waals surface area contributed by atoms with Crippen LogP contribution in [0, 0.1) is 18.3 Å². The fourth-order valence-corrected chi connectivity index (χ4v) is 0.991. The molecule has 0 aliphatic carbocycles. The van der Waals surface area contributed by atoms with Gasteiger partial charge in [0.05, 0.1) is 0 Å². The van der Waals surface area contributed by atoms with Crippen LogP contribution in [0.25, 0.3) is 0 Å². The van der Waals surface area contributed by atoms with Crippen molar-refractivity contribution in [1.82, 2.24) is 9.97 Å². The highest BCUT2D eigenvalue weighted by Gasteiger charge is 1.99. The minimum atomic E-state index is 0.388. The van der Waals surface area contributed by atoms with Crippen LogP contribution in [0.15, 0.2) is 18.7 Å². The molecule has 72 valence electrons. The van der Waals surface area contributed by atoms with E-state index in [0.29, 0.717) is 11.6 Å². The highest BCUT2D eigenvalue weighted by molar-refractivity contribution is 5.32. The Morgan fingerprint density at radius 1 is 1.64 bits per heavy atom. The van der Waals surface area contributed by atoms with E-state index < -0.39 is 0 Å². The zero-order valence-corrected chi connectivity index (χ0v) is 8.12. The number of hydrogen-bond acceptors (Lipinski definition) is 4. The van der Waals surface area contributed by atoms with E-state index in [2.05, 4.69) is 21.9 Å². The van der Waals surface area contributed by atoms with Crippen molar-refractivity contribution >= 4 is 5.95 Å². The van der Waals surface area contributed by atoms with Gasteiger partial charge in [0, 0.05) is 12.2 Å². The molecule has 4 heteroatoms. The maximum Gasteiger partial charge on any atom is 0.224 e. The number of nitrogens with zero attached hydrogens (tertiary/aromatic N) is 3. The molecule has 0 amide bonds. The molecule has 0 radical (unpaired) electrons. The predicted molar refractivity (Wildman–Crippen MR) is 54.8 cm³/mol. The van der Waals surface area contributed by atoms with Gasteiger partial charge in [-0.1, -0.05) is 6.08 Å². The molecule has 0 bridgehead atoms. The summed E-state index contributed by atoms with van der Waals surface area (Å²) in [5.41, 5.74) is 1.18. The second-order valence-corrected chi connectivity index (χ2v) is 2.83. The summed E-state index contributed by atoms with van der Waals surface area (Å²) in [6.07, 6.45) is 2.66. The van der Waals surface area contributed by atoms with Gasteiger partial charge < -0.3 is 5.32 Å². The normalized spacial score (nSPS) is 9.14. The summed E-state index contributed by atoms with van der Waals surface area (Å²) in [7, 11) is 0. The summed E-state index contributed by atoms with van der Waals surface area (Å²) >= 11 is 0. The summed E-state index contributed by atoms with van der Waals surface area (Å²) in [5, 5.41) is 11.7. The van der Waals surface area contributed by atoms with Crippen molar-refractivity contribution in [2.45, 2.75) is 13.3 Å². The topological polar surface area (TPSA) is 61.6 Å². The Morgan fingerprint density at radius 3 is 3.07 bits per heavy atom.